The molecule has 1 aromatic heterocycles. The first kappa shape index (κ1) is 19.2. The lowest BCUT2D eigenvalue weighted by atomic mass is 9.87. The van der Waals surface area contributed by atoms with Crippen molar-refractivity contribution in [3.8, 4) is 11.5 Å². The number of aliphatic carboxylic acids is 1. The zero-order valence-corrected chi connectivity index (χ0v) is 14.1. The SMILES string of the molecule is C[C@@H](CC(c1ccc(O)c(O)c1)[C@H](N)C(=O)O)OC(=O)c1cccnc1. The normalized spacial score (nSPS) is 14.2. The van der Waals surface area contributed by atoms with Crippen LogP contribution in [0.4, 0.5) is 0 Å². The van der Waals surface area contributed by atoms with E-state index in [0.717, 1.165) is 0 Å². The smallest absolute Gasteiger partial charge is 0.339 e. The lowest BCUT2D eigenvalue weighted by molar-refractivity contribution is -0.139. The number of rotatable bonds is 7. The molecule has 3 atom stereocenters. The Morgan fingerprint density at radius 2 is 1.96 bits per heavy atom. The Labute approximate surface area is 149 Å². The number of nitrogens with two attached hydrogens (primary N) is 1. The van der Waals surface area contributed by atoms with Crippen LogP contribution in [0.15, 0.2) is 42.7 Å². The topological polar surface area (TPSA) is 143 Å². The molecular formula is C18H20N2O6. The number of carboxylic acids is 1. The number of phenolic OH excluding ortho intramolecular Hbond substituents is 2. The average molecular weight is 360 g/mol. The number of pyridine rings is 1. The van der Waals surface area contributed by atoms with E-state index in [0.29, 0.717) is 5.56 Å². The maximum atomic E-state index is 12.1. The van der Waals surface area contributed by atoms with E-state index in [1.54, 1.807) is 19.1 Å². The van der Waals surface area contributed by atoms with Crippen LogP contribution in [0.1, 0.15) is 35.2 Å². The number of esters is 1. The molecule has 0 bridgehead atoms. The molecule has 0 spiro atoms. The van der Waals surface area contributed by atoms with Gasteiger partial charge in [0, 0.05) is 18.3 Å². The van der Waals surface area contributed by atoms with Crippen LogP contribution in [-0.2, 0) is 9.53 Å². The fraction of sp³-hybridized carbons (Fsp3) is 0.278. The average Bonchev–Trinajstić information content (AvgIpc) is 2.62. The maximum Gasteiger partial charge on any atom is 0.339 e. The Morgan fingerprint density at radius 1 is 1.23 bits per heavy atom. The number of hydrogen-bond donors (Lipinski definition) is 4. The second-order valence-corrected chi connectivity index (χ2v) is 5.91. The number of aromatic nitrogens is 1. The Morgan fingerprint density at radius 3 is 2.54 bits per heavy atom. The van der Waals surface area contributed by atoms with Crippen molar-refractivity contribution in [2.45, 2.75) is 31.4 Å². The molecule has 0 saturated heterocycles. The summed E-state index contributed by atoms with van der Waals surface area (Å²) >= 11 is 0. The minimum atomic E-state index is -1.28. The number of carboxylic acid groups (broad SMARTS) is 1. The molecule has 0 aliphatic carbocycles. The van der Waals surface area contributed by atoms with Crippen molar-refractivity contribution < 1.29 is 29.6 Å². The van der Waals surface area contributed by atoms with Crippen LogP contribution >= 0.6 is 0 Å². The van der Waals surface area contributed by atoms with Gasteiger partial charge in [-0.3, -0.25) is 9.78 Å². The molecule has 0 radical (unpaired) electrons. The highest BCUT2D eigenvalue weighted by Gasteiger charge is 2.29. The van der Waals surface area contributed by atoms with Crippen LogP contribution in [0.2, 0.25) is 0 Å². The highest BCUT2D eigenvalue weighted by atomic mass is 16.5. The van der Waals surface area contributed by atoms with E-state index in [9.17, 15) is 24.9 Å². The number of benzene rings is 1. The third kappa shape index (κ3) is 4.70. The summed E-state index contributed by atoms with van der Waals surface area (Å²) in [6.07, 6.45) is 2.37. The summed E-state index contributed by atoms with van der Waals surface area (Å²) in [7, 11) is 0. The number of carbonyl (C=O) groups is 2. The monoisotopic (exact) mass is 360 g/mol. The summed E-state index contributed by atoms with van der Waals surface area (Å²) in [6, 6.07) is 5.85. The largest absolute Gasteiger partial charge is 0.504 e. The third-order valence-corrected chi connectivity index (χ3v) is 3.94. The van der Waals surface area contributed by atoms with Crippen molar-refractivity contribution >= 4 is 11.9 Å². The number of ether oxygens (including phenoxy) is 1. The molecule has 1 unspecified atom stereocenters. The molecule has 0 aliphatic heterocycles. The fourth-order valence-corrected chi connectivity index (χ4v) is 2.57. The first-order valence-corrected chi connectivity index (χ1v) is 7.91. The molecule has 2 aromatic rings. The van der Waals surface area contributed by atoms with Gasteiger partial charge in [-0.05, 0) is 43.2 Å². The molecule has 0 amide bonds. The van der Waals surface area contributed by atoms with Crippen LogP contribution < -0.4 is 5.73 Å². The van der Waals surface area contributed by atoms with Gasteiger partial charge in [0.05, 0.1) is 5.56 Å². The van der Waals surface area contributed by atoms with Crippen molar-refractivity contribution in [1.82, 2.24) is 4.98 Å². The highest BCUT2D eigenvalue weighted by Crippen LogP contribution is 2.32. The first-order chi connectivity index (χ1) is 12.3. The van der Waals surface area contributed by atoms with Gasteiger partial charge in [0.25, 0.3) is 0 Å². The predicted octanol–water partition coefficient (Wildman–Crippen LogP) is 1.62. The van der Waals surface area contributed by atoms with E-state index < -0.39 is 30.0 Å². The molecule has 1 aromatic carbocycles. The summed E-state index contributed by atoms with van der Waals surface area (Å²) in [4.78, 5) is 27.3. The Balaban J connectivity index is 2.16. The fourth-order valence-electron chi connectivity index (χ4n) is 2.57. The zero-order chi connectivity index (χ0) is 19.3. The lowest BCUT2D eigenvalue weighted by Gasteiger charge is -2.25. The van der Waals surface area contributed by atoms with Gasteiger partial charge in [-0.1, -0.05) is 6.07 Å². The number of hydrogen-bond acceptors (Lipinski definition) is 7. The second kappa shape index (κ2) is 8.30. The predicted molar refractivity (Wildman–Crippen MR) is 91.9 cm³/mol. The molecule has 26 heavy (non-hydrogen) atoms. The van der Waals surface area contributed by atoms with Crippen molar-refractivity contribution in [3.05, 3.63) is 53.9 Å². The quantitative estimate of drug-likeness (QED) is 0.431. The first-order valence-electron chi connectivity index (χ1n) is 7.91. The van der Waals surface area contributed by atoms with E-state index in [1.807, 2.05) is 0 Å². The molecule has 5 N–H and O–H groups in total. The van der Waals surface area contributed by atoms with Gasteiger partial charge >= 0.3 is 11.9 Å². The summed E-state index contributed by atoms with van der Waals surface area (Å²) in [5, 5.41) is 28.4. The summed E-state index contributed by atoms with van der Waals surface area (Å²) in [5.41, 5.74) is 6.47. The minimum absolute atomic E-state index is 0.115. The van der Waals surface area contributed by atoms with Crippen molar-refractivity contribution in [2.24, 2.45) is 5.73 Å². The van der Waals surface area contributed by atoms with Gasteiger partial charge in [0.2, 0.25) is 0 Å². The second-order valence-electron chi connectivity index (χ2n) is 5.91. The van der Waals surface area contributed by atoms with Crippen LogP contribution in [0.3, 0.4) is 0 Å². The summed E-state index contributed by atoms with van der Waals surface area (Å²) < 4.78 is 5.33. The van der Waals surface area contributed by atoms with E-state index in [2.05, 4.69) is 4.98 Å². The van der Waals surface area contributed by atoms with Gasteiger partial charge in [-0.25, -0.2) is 4.79 Å². The Hall–Kier alpha value is -3.13. The molecule has 2 rings (SSSR count). The summed E-state index contributed by atoms with van der Waals surface area (Å²) in [5.74, 6) is -3.26. The molecule has 8 nitrogen and oxygen atoms in total. The van der Waals surface area contributed by atoms with Gasteiger partial charge in [-0.2, -0.15) is 0 Å². The van der Waals surface area contributed by atoms with Gasteiger partial charge in [0.15, 0.2) is 11.5 Å². The Bertz CT molecular complexity index is 781. The number of phenols is 2. The molecule has 1 heterocycles. The standard InChI is InChI=1S/C18H20N2O6/c1-10(26-18(25)12-3-2-6-20-9-12)7-13(16(19)17(23)24)11-4-5-14(21)15(22)8-11/h2-6,8-10,13,16,21-22H,7,19H2,1H3,(H,23,24)/t10-,13?,16-/m0/s1. The van der Waals surface area contributed by atoms with E-state index in [1.165, 1.54) is 30.6 Å². The van der Waals surface area contributed by atoms with Crippen LogP contribution in [0.25, 0.3) is 0 Å². The summed E-state index contributed by atoms with van der Waals surface area (Å²) in [6.45, 7) is 1.62. The molecule has 0 aliphatic rings. The van der Waals surface area contributed by atoms with E-state index >= 15 is 0 Å². The van der Waals surface area contributed by atoms with Crippen molar-refractivity contribution in [2.75, 3.05) is 0 Å². The molecule has 0 fully saturated rings. The maximum absolute atomic E-state index is 12.1. The Kier molecular flexibility index (Phi) is 6.13. The van der Waals surface area contributed by atoms with E-state index in [-0.39, 0.29) is 23.5 Å². The van der Waals surface area contributed by atoms with Gasteiger partial charge in [-0.15, -0.1) is 0 Å². The molecule has 138 valence electrons. The number of aromatic hydroxyl groups is 2. The van der Waals surface area contributed by atoms with Crippen LogP contribution in [-0.4, -0.2) is 44.4 Å². The van der Waals surface area contributed by atoms with E-state index in [4.69, 9.17) is 10.5 Å². The van der Waals surface area contributed by atoms with Gasteiger partial charge in [0.1, 0.15) is 12.1 Å². The third-order valence-electron chi connectivity index (χ3n) is 3.94. The van der Waals surface area contributed by atoms with Crippen LogP contribution in [0.5, 0.6) is 11.5 Å². The lowest BCUT2D eigenvalue weighted by Crippen LogP contribution is -2.38. The number of carbonyl (C=O) groups excluding carboxylic acids is 1. The molecule has 8 heteroatoms. The number of nitrogens with zero attached hydrogens (tertiary/aromatic N) is 1. The van der Waals surface area contributed by atoms with Gasteiger partial charge < -0.3 is 25.8 Å². The zero-order valence-electron chi connectivity index (χ0n) is 14.1. The van der Waals surface area contributed by atoms with Crippen LogP contribution in [0, 0.1) is 0 Å². The highest BCUT2D eigenvalue weighted by molar-refractivity contribution is 5.89. The van der Waals surface area contributed by atoms with Crippen molar-refractivity contribution in [1.29, 1.82) is 0 Å². The minimum Gasteiger partial charge on any atom is -0.504 e. The molecule has 0 saturated carbocycles. The van der Waals surface area contributed by atoms with Crippen molar-refractivity contribution in [3.63, 3.8) is 0 Å². The molecular weight excluding hydrogens is 340 g/mol.